The molecular formula is C9H15N5O6S. The Balaban J connectivity index is 2.10. The van der Waals surface area contributed by atoms with E-state index in [-0.39, 0.29) is 12.4 Å². The number of aliphatic hydroxyl groups is 2. The molecule has 0 aromatic carbocycles. The average Bonchev–Trinajstić information content (AvgIpc) is 2.94. The van der Waals surface area contributed by atoms with Gasteiger partial charge >= 0.3 is 0 Å². The van der Waals surface area contributed by atoms with Crippen LogP contribution in [-0.4, -0.2) is 70.4 Å². The number of nitrogens with zero attached hydrogens (tertiary/aromatic N) is 3. The minimum atomic E-state index is -3.46. The average molecular weight is 321 g/mol. The quantitative estimate of drug-likeness (QED) is 0.433. The van der Waals surface area contributed by atoms with Gasteiger partial charge < -0.3 is 20.7 Å². The van der Waals surface area contributed by atoms with Crippen molar-refractivity contribution in [3.8, 4) is 0 Å². The van der Waals surface area contributed by atoms with E-state index in [0.29, 0.717) is 0 Å². The lowest BCUT2D eigenvalue weighted by Crippen LogP contribution is -2.39. The highest BCUT2D eigenvalue weighted by Gasteiger charge is 2.44. The van der Waals surface area contributed by atoms with Gasteiger partial charge in [0.05, 0.1) is 6.26 Å². The second-order valence-electron chi connectivity index (χ2n) is 4.58. The predicted molar refractivity (Wildman–Crippen MR) is 67.3 cm³/mol. The van der Waals surface area contributed by atoms with Gasteiger partial charge in [-0.3, -0.25) is 4.79 Å². The summed E-state index contributed by atoms with van der Waals surface area (Å²) in [6.45, 7) is -0.217. The minimum absolute atomic E-state index is 0.217. The molecule has 0 spiro atoms. The molecule has 0 saturated carbocycles. The van der Waals surface area contributed by atoms with Crippen LogP contribution in [0.4, 0.5) is 0 Å². The van der Waals surface area contributed by atoms with E-state index in [9.17, 15) is 23.4 Å². The van der Waals surface area contributed by atoms with Crippen LogP contribution in [0, 0.1) is 0 Å². The van der Waals surface area contributed by atoms with Crippen molar-refractivity contribution in [3.05, 3.63) is 12.2 Å². The molecule has 1 aromatic heterocycles. The van der Waals surface area contributed by atoms with Gasteiger partial charge in [0.25, 0.3) is 5.91 Å². The number of rotatable bonds is 5. The number of amides is 1. The first-order valence-corrected chi connectivity index (χ1v) is 7.75. The molecule has 4 atom stereocenters. The highest BCUT2D eigenvalue weighted by Crippen LogP contribution is 2.28. The second kappa shape index (κ2) is 5.65. The molecule has 1 aliphatic rings. The van der Waals surface area contributed by atoms with Crippen LogP contribution >= 0.6 is 0 Å². The van der Waals surface area contributed by atoms with Crippen LogP contribution in [0.25, 0.3) is 0 Å². The maximum atomic E-state index is 11.0. The number of nitrogens with two attached hydrogens (primary N) is 1. The van der Waals surface area contributed by atoms with Crippen molar-refractivity contribution in [1.82, 2.24) is 19.5 Å². The molecule has 2 heterocycles. The summed E-state index contributed by atoms with van der Waals surface area (Å²) in [4.78, 5) is 14.5. The van der Waals surface area contributed by atoms with Crippen molar-refractivity contribution in [1.29, 1.82) is 0 Å². The number of primary amides is 1. The smallest absolute Gasteiger partial charge is 0.288 e. The standard InChI is InChI=1S/C9H15N5O6S/c1-21(18,19)12-2-4-5(15)6(16)9(20-4)14-3-11-8(13-14)7(10)17/h3-6,9,12,15-16H,2H2,1H3,(H2,10,17)/t4-,5-,6-,9?/m1/s1. The van der Waals surface area contributed by atoms with Crippen LogP contribution in [0.1, 0.15) is 16.8 Å². The van der Waals surface area contributed by atoms with E-state index in [1.807, 2.05) is 0 Å². The summed E-state index contributed by atoms with van der Waals surface area (Å²) in [7, 11) is -3.46. The first-order valence-electron chi connectivity index (χ1n) is 5.86. The molecule has 21 heavy (non-hydrogen) atoms. The van der Waals surface area contributed by atoms with Crippen molar-refractivity contribution in [2.24, 2.45) is 5.73 Å². The molecular weight excluding hydrogens is 306 g/mol. The molecule has 118 valence electrons. The maximum absolute atomic E-state index is 11.0. The van der Waals surface area contributed by atoms with Gasteiger partial charge in [0.1, 0.15) is 24.6 Å². The van der Waals surface area contributed by atoms with Crippen LogP contribution in [0.3, 0.4) is 0 Å². The number of carbonyl (C=O) groups excluding carboxylic acids is 1. The largest absolute Gasteiger partial charge is 0.387 e. The summed E-state index contributed by atoms with van der Waals surface area (Å²) < 4.78 is 30.6. The van der Waals surface area contributed by atoms with E-state index >= 15 is 0 Å². The summed E-state index contributed by atoms with van der Waals surface area (Å²) in [5.41, 5.74) is 5.00. The first kappa shape index (κ1) is 15.8. The van der Waals surface area contributed by atoms with Crippen LogP contribution in [0.15, 0.2) is 6.33 Å². The lowest BCUT2D eigenvalue weighted by atomic mass is 10.1. The number of aromatic nitrogens is 3. The van der Waals surface area contributed by atoms with Gasteiger partial charge in [0.15, 0.2) is 6.23 Å². The Kier molecular flexibility index (Phi) is 4.25. The Morgan fingerprint density at radius 1 is 1.52 bits per heavy atom. The lowest BCUT2D eigenvalue weighted by Gasteiger charge is -2.14. The molecule has 1 unspecified atom stereocenters. The highest BCUT2D eigenvalue weighted by molar-refractivity contribution is 7.88. The van der Waals surface area contributed by atoms with Crippen LogP contribution in [-0.2, 0) is 14.8 Å². The van der Waals surface area contributed by atoms with Gasteiger partial charge in [-0.2, -0.15) is 0 Å². The number of ether oxygens (including phenoxy) is 1. The fourth-order valence-corrected chi connectivity index (χ4v) is 2.33. The van der Waals surface area contributed by atoms with Gasteiger partial charge in [0.2, 0.25) is 15.8 Å². The van der Waals surface area contributed by atoms with Gasteiger partial charge in [0, 0.05) is 6.54 Å². The fraction of sp³-hybridized carbons (Fsp3) is 0.667. The summed E-state index contributed by atoms with van der Waals surface area (Å²) in [5, 5.41) is 23.5. The second-order valence-corrected chi connectivity index (χ2v) is 6.41. The molecule has 11 nitrogen and oxygen atoms in total. The number of aliphatic hydroxyl groups excluding tert-OH is 2. The summed E-state index contributed by atoms with van der Waals surface area (Å²) in [6.07, 6.45) is -2.69. The number of nitrogens with one attached hydrogen (secondary N) is 1. The molecule has 0 radical (unpaired) electrons. The third-order valence-electron chi connectivity index (χ3n) is 2.87. The van der Waals surface area contributed by atoms with Crippen molar-refractivity contribution in [2.75, 3.05) is 12.8 Å². The SMILES string of the molecule is CS(=O)(=O)NC[C@H]1OC(n2cnc(C(N)=O)n2)[C@H](O)[C@@H]1O. The highest BCUT2D eigenvalue weighted by atomic mass is 32.2. The first-order chi connectivity index (χ1) is 9.69. The fourth-order valence-electron chi connectivity index (χ4n) is 1.86. The van der Waals surface area contributed by atoms with E-state index < -0.39 is 40.5 Å². The Morgan fingerprint density at radius 2 is 2.19 bits per heavy atom. The zero-order valence-electron chi connectivity index (χ0n) is 10.9. The van der Waals surface area contributed by atoms with Gasteiger partial charge in [-0.05, 0) is 0 Å². The number of hydrogen-bond acceptors (Lipinski definition) is 8. The van der Waals surface area contributed by atoms with Gasteiger partial charge in [-0.15, -0.1) is 5.10 Å². The van der Waals surface area contributed by atoms with Crippen molar-refractivity contribution < 1.29 is 28.2 Å². The molecule has 1 aromatic rings. The van der Waals surface area contributed by atoms with E-state index in [1.165, 1.54) is 0 Å². The summed E-state index contributed by atoms with van der Waals surface area (Å²) in [5.74, 6) is -1.12. The minimum Gasteiger partial charge on any atom is -0.387 e. The maximum Gasteiger partial charge on any atom is 0.288 e. The van der Waals surface area contributed by atoms with E-state index in [1.54, 1.807) is 0 Å². The van der Waals surface area contributed by atoms with Gasteiger partial charge in [-0.1, -0.05) is 0 Å². The molecule has 12 heteroatoms. The van der Waals surface area contributed by atoms with E-state index in [0.717, 1.165) is 17.3 Å². The molecule has 1 fully saturated rings. The molecule has 5 N–H and O–H groups in total. The lowest BCUT2D eigenvalue weighted by molar-refractivity contribution is -0.0428. The van der Waals surface area contributed by atoms with Crippen LogP contribution in [0.2, 0.25) is 0 Å². The Hall–Kier alpha value is -1.60. The molecule has 2 rings (SSSR count). The Morgan fingerprint density at radius 3 is 2.71 bits per heavy atom. The zero-order valence-corrected chi connectivity index (χ0v) is 11.8. The topological polar surface area (TPSA) is 170 Å². The third kappa shape index (κ3) is 3.54. The monoisotopic (exact) mass is 321 g/mol. The summed E-state index contributed by atoms with van der Waals surface area (Å²) in [6, 6.07) is 0. The van der Waals surface area contributed by atoms with Crippen molar-refractivity contribution in [3.63, 3.8) is 0 Å². The van der Waals surface area contributed by atoms with Crippen molar-refractivity contribution in [2.45, 2.75) is 24.5 Å². The van der Waals surface area contributed by atoms with Gasteiger partial charge in [-0.25, -0.2) is 22.8 Å². The molecule has 0 aliphatic carbocycles. The normalized spacial score (nSPS) is 29.7. The van der Waals surface area contributed by atoms with E-state index in [4.69, 9.17) is 10.5 Å². The number of sulfonamides is 1. The Bertz CT molecular complexity index is 630. The number of carbonyl (C=O) groups is 1. The zero-order chi connectivity index (χ0) is 15.8. The third-order valence-corrected chi connectivity index (χ3v) is 3.56. The van der Waals surface area contributed by atoms with Crippen LogP contribution in [0.5, 0.6) is 0 Å². The van der Waals surface area contributed by atoms with E-state index in [2.05, 4.69) is 14.8 Å². The van der Waals surface area contributed by atoms with Crippen molar-refractivity contribution >= 4 is 15.9 Å². The van der Waals surface area contributed by atoms with Crippen LogP contribution < -0.4 is 10.5 Å². The predicted octanol–water partition coefficient (Wildman–Crippen LogP) is -3.45. The summed E-state index contributed by atoms with van der Waals surface area (Å²) >= 11 is 0. The Labute approximate surface area is 119 Å². The number of hydrogen-bond donors (Lipinski definition) is 4. The molecule has 0 bridgehead atoms. The molecule has 1 saturated heterocycles. The molecule has 1 aliphatic heterocycles. The molecule has 1 amide bonds.